The van der Waals surface area contributed by atoms with Crippen LogP contribution in [0.2, 0.25) is 5.02 Å². The van der Waals surface area contributed by atoms with Crippen molar-refractivity contribution in [1.29, 1.82) is 0 Å². The van der Waals surface area contributed by atoms with Crippen molar-refractivity contribution in [3.8, 4) is 0 Å². The minimum atomic E-state index is -0.257. The molecule has 3 rings (SSSR count). The van der Waals surface area contributed by atoms with Crippen LogP contribution in [0, 0.1) is 5.82 Å². The van der Waals surface area contributed by atoms with Crippen molar-refractivity contribution in [3.63, 3.8) is 0 Å². The molecule has 1 aliphatic rings. The van der Waals surface area contributed by atoms with Gasteiger partial charge in [-0.2, -0.15) is 0 Å². The van der Waals surface area contributed by atoms with Crippen molar-refractivity contribution in [2.24, 2.45) is 4.99 Å². The summed E-state index contributed by atoms with van der Waals surface area (Å²) >= 11 is 6.20. The molecule has 1 aliphatic heterocycles. The Morgan fingerprint density at radius 2 is 1.94 bits per heavy atom. The lowest BCUT2D eigenvalue weighted by Crippen LogP contribution is -1.94. The Kier molecular flexibility index (Phi) is 2.76. The van der Waals surface area contributed by atoms with Gasteiger partial charge in [0.05, 0.1) is 17.3 Å². The average molecular weight is 261 g/mol. The highest BCUT2D eigenvalue weighted by Crippen LogP contribution is 2.30. The number of fused-ring (bicyclic) bond motifs is 1. The molecule has 2 nitrogen and oxygen atoms in total. The first kappa shape index (κ1) is 11.2. The van der Waals surface area contributed by atoms with Crippen molar-refractivity contribution < 1.29 is 4.39 Å². The smallest absolute Gasteiger partial charge is 0.123 e. The summed E-state index contributed by atoms with van der Waals surface area (Å²) in [6, 6.07) is 10.0. The summed E-state index contributed by atoms with van der Waals surface area (Å²) in [6.07, 6.45) is 1.83. The fourth-order valence-corrected chi connectivity index (χ4v) is 2.15. The molecule has 2 aromatic carbocycles. The monoisotopic (exact) mass is 260 g/mol. The van der Waals surface area contributed by atoms with Gasteiger partial charge in [0.1, 0.15) is 5.82 Å². The number of aliphatic imine (C=N–C) groups is 1. The third-order valence-corrected chi connectivity index (χ3v) is 3.16. The molecule has 0 atom stereocenters. The zero-order valence-corrected chi connectivity index (χ0v) is 10.2. The lowest BCUT2D eigenvalue weighted by Gasteiger charge is -2.10. The van der Waals surface area contributed by atoms with Crippen LogP contribution in [0.3, 0.4) is 0 Å². The molecule has 1 N–H and O–H groups in total. The van der Waals surface area contributed by atoms with Crippen LogP contribution in [0.4, 0.5) is 15.8 Å². The molecule has 0 saturated carbocycles. The minimum absolute atomic E-state index is 0.257. The van der Waals surface area contributed by atoms with E-state index >= 15 is 0 Å². The van der Waals surface area contributed by atoms with Gasteiger partial charge in [0.15, 0.2) is 0 Å². The van der Waals surface area contributed by atoms with Gasteiger partial charge in [-0.3, -0.25) is 4.99 Å². The summed E-state index contributed by atoms with van der Waals surface area (Å²) in [5, 5.41) is 3.81. The van der Waals surface area contributed by atoms with E-state index in [0.29, 0.717) is 11.6 Å². The van der Waals surface area contributed by atoms with Crippen LogP contribution in [0.5, 0.6) is 0 Å². The molecule has 90 valence electrons. The maximum absolute atomic E-state index is 12.8. The van der Waals surface area contributed by atoms with Gasteiger partial charge in [-0.15, -0.1) is 0 Å². The zero-order chi connectivity index (χ0) is 12.5. The van der Waals surface area contributed by atoms with Crippen LogP contribution >= 0.6 is 11.6 Å². The lowest BCUT2D eigenvalue weighted by atomic mass is 10.1. The Labute approximate surface area is 109 Å². The first-order chi connectivity index (χ1) is 8.72. The van der Waals surface area contributed by atoms with E-state index in [1.807, 2.05) is 18.3 Å². The standard InChI is InChI=1S/C14H10ClFN2/c15-13-5-9-7-17-8-10(9)6-14(13)18-12-3-1-11(16)2-4-12/h1-6,8,18H,7H2. The fourth-order valence-electron chi connectivity index (χ4n) is 1.92. The maximum Gasteiger partial charge on any atom is 0.123 e. The number of hydrogen-bond donors (Lipinski definition) is 1. The Balaban J connectivity index is 1.93. The van der Waals surface area contributed by atoms with E-state index < -0.39 is 0 Å². The molecule has 0 saturated heterocycles. The molecular formula is C14H10ClFN2. The van der Waals surface area contributed by atoms with E-state index in [1.165, 1.54) is 12.1 Å². The van der Waals surface area contributed by atoms with Gasteiger partial charge >= 0.3 is 0 Å². The molecule has 18 heavy (non-hydrogen) atoms. The van der Waals surface area contributed by atoms with Crippen LogP contribution in [0.15, 0.2) is 41.4 Å². The number of halogens is 2. The van der Waals surface area contributed by atoms with Crippen molar-refractivity contribution in [2.45, 2.75) is 6.54 Å². The molecule has 0 unspecified atom stereocenters. The van der Waals surface area contributed by atoms with Crippen molar-refractivity contribution >= 4 is 29.2 Å². The van der Waals surface area contributed by atoms with Gasteiger partial charge in [0, 0.05) is 11.9 Å². The topological polar surface area (TPSA) is 24.4 Å². The van der Waals surface area contributed by atoms with Gasteiger partial charge in [-0.05, 0) is 47.5 Å². The predicted molar refractivity (Wildman–Crippen MR) is 72.4 cm³/mol. The number of nitrogens with zero attached hydrogens (tertiary/aromatic N) is 1. The van der Waals surface area contributed by atoms with E-state index in [4.69, 9.17) is 11.6 Å². The molecule has 0 bridgehead atoms. The number of nitrogens with one attached hydrogen (secondary N) is 1. The van der Waals surface area contributed by atoms with Crippen LogP contribution < -0.4 is 5.32 Å². The molecule has 0 aromatic heterocycles. The predicted octanol–water partition coefficient (Wildman–Crippen LogP) is 4.16. The van der Waals surface area contributed by atoms with Gasteiger partial charge in [0.2, 0.25) is 0 Å². The average Bonchev–Trinajstić information content (AvgIpc) is 2.79. The highest BCUT2D eigenvalue weighted by molar-refractivity contribution is 6.33. The number of anilines is 2. The molecule has 0 aliphatic carbocycles. The largest absolute Gasteiger partial charge is 0.354 e. The van der Waals surface area contributed by atoms with Gasteiger partial charge in [0.25, 0.3) is 0 Å². The van der Waals surface area contributed by atoms with Crippen molar-refractivity contribution in [2.75, 3.05) is 5.32 Å². The van der Waals surface area contributed by atoms with E-state index in [9.17, 15) is 4.39 Å². The Morgan fingerprint density at radius 1 is 1.17 bits per heavy atom. The van der Waals surface area contributed by atoms with Gasteiger partial charge in [-0.1, -0.05) is 11.6 Å². The normalized spacial score (nSPS) is 12.6. The Bertz CT molecular complexity index is 620. The van der Waals surface area contributed by atoms with Crippen molar-refractivity contribution in [1.82, 2.24) is 0 Å². The molecule has 0 amide bonds. The summed E-state index contributed by atoms with van der Waals surface area (Å²) in [7, 11) is 0. The highest BCUT2D eigenvalue weighted by atomic mass is 35.5. The summed E-state index contributed by atoms with van der Waals surface area (Å²) in [6.45, 7) is 0.686. The summed E-state index contributed by atoms with van der Waals surface area (Å²) in [4.78, 5) is 4.19. The Hall–Kier alpha value is -1.87. The highest BCUT2D eigenvalue weighted by Gasteiger charge is 2.10. The van der Waals surface area contributed by atoms with E-state index in [2.05, 4.69) is 10.3 Å². The molecule has 4 heteroatoms. The Morgan fingerprint density at radius 3 is 2.72 bits per heavy atom. The number of hydrogen-bond acceptors (Lipinski definition) is 2. The van der Waals surface area contributed by atoms with E-state index in [1.54, 1.807) is 12.1 Å². The van der Waals surface area contributed by atoms with Crippen molar-refractivity contribution in [3.05, 3.63) is 58.4 Å². The maximum atomic E-state index is 12.8. The number of benzene rings is 2. The minimum Gasteiger partial charge on any atom is -0.354 e. The number of rotatable bonds is 2. The quantitative estimate of drug-likeness (QED) is 0.862. The van der Waals surface area contributed by atoms with Gasteiger partial charge in [-0.25, -0.2) is 4.39 Å². The third-order valence-electron chi connectivity index (χ3n) is 2.84. The van der Waals surface area contributed by atoms with Crippen LogP contribution in [-0.4, -0.2) is 6.21 Å². The molecular weight excluding hydrogens is 251 g/mol. The third kappa shape index (κ3) is 2.09. The second kappa shape index (κ2) is 4.42. The SMILES string of the molecule is Fc1ccc(Nc2cc3c(cc2Cl)CN=C3)cc1. The second-order valence-electron chi connectivity index (χ2n) is 4.13. The summed E-state index contributed by atoms with van der Waals surface area (Å²) in [5.41, 5.74) is 3.80. The van der Waals surface area contributed by atoms with Crippen LogP contribution in [-0.2, 0) is 6.54 Å². The zero-order valence-electron chi connectivity index (χ0n) is 9.45. The summed E-state index contributed by atoms with van der Waals surface area (Å²) < 4.78 is 12.8. The first-order valence-corrected chi connectivity index (χ1v) is 5.95. The molecule has 1 heterocycles. The van der Waals surface area contributed by atoms with Crippen LogP contribution in [0.1, 0.15) is 11.1 Å². The molecule has 0 fully saturated rings. The lowest BCUT2D eigenvalue weighted by molar-refractivity contribution is 0.628. The fraction of sp³-hybridized carbons (Fsp3) is 0.0714. The molecule has 0 spiro atoms. The van der Waals surface area contributed by atoms with Crippen LogP contribution in [0.25, 0.3) is 0 Å². The molecule has 0 radical (unpaired) electrons. The van der Waals surface area contributed by atoms with E-state index in [-0.39, 0.29) is 5.82 Å². The summed E-state index contributed by atoms with van der Waals surface area (Å²) in [5.74, 6) is -0.257. The van der Waals surface area contributed by atoms with E-state index in [0.717, 1.165) is 22.5 Å². The first-order valence-electron chi connectivity index (χ1n) is 5.57. The van der Waals surface area contributed by atoms with Gasteiger partial charge < -0.3 is 5.32 Å². The second-order valence-corrected chi connectivity index (χ2v) is 4.54. The molecule has 2 aromatic rings.